The summed E-state index contributed by atoms with van der Waals surface area (Å²) < 4.78 is 11.4. The molecule has 4 heteroatoms. The molecule has 2 rings (SSSR count). The molecule has 2 heterocycles. The Balaban J connectivity index is 2.19. The van der Waals surface area contributed by atoms with Crippen LogP contribution in [0.25, 0.3) is 0 Å². The first kappa shape index (κ1) is 15.9. The fourth-order valence-corrected chi connectivity index (χ4v) is 3.23. The normalized spacial score (nSPS) is 38.0. The third kappa shape index (κ3) is 2.53. The Hall–Kier alpha value is -0.450. The molecule has 0 aromatic rings. The Morgan fingerprint density at radius 1 is 1.20 bits per heavy atom. The van der Waals surface area contributed by atoms with Gasteiger partial charge in [-0.15, -0.1) is 0 Å². The smallest absolute Gasteiger partial charge is 0.176 e. The van der Waals surface area contributed by atoms with Crippen molar-refractivity contribution in [3.05, 3.63) is 0 Å². The van der Waals surface area contributed by atoms with Gasteiger partial charge in [-0.05, 0) is 5.92 Å². The van der Waals surface area contributed by atoms with E-state index in [2.05, 4.69) is 0 Å². The molecule has 2 fully saturated rings. The zero-order valence-electron chi connectivity index (χ0n) is 13.5. The quantitative estimate of drug-likeness (QED) is 0.846. The minimum absolute atomic E-state index is 0.0402. The number of rotatable bonds is 2. The van der Waals surface area contributed by atoms with Gasteiger partial charge in [0, 0.05) is 23.2 Å². The second-order valence-corrected chi connectivity index (χ2v) is 8.29. The van der Waals surface area contributed by atoms with Crippen molar-refractivity contribution in [3.63, 3.8) is 0 Å². The Morgan fingerprint density at radius 3 is 2.30 bits per heavy atom. The van der Waals surface area contributed by atoms with Gasteiger partial charge in [0.1, 0.15) is 5.78 Å². The predicted molar refractivity (Wildman–Crippen MR) is 76.2 cm³/mol. The minimum atomic E-state index is -1.21. The zero-order valence-corrected chi connectivity index (χ0v) is 13.5. The zero-order chi connectivity index (χ0) is 15.3. The third-order valence-electron chi connectivity index (χ3n) is 4.71. The van der Waals surface area contributed by atoms with E-state index < -0.39 is 11.2 Å². The highest BCUT2D eigenvalue weighted by molar-refractivity contribution is 5.83. The van der Waals surface area contributed by atoms with Crippen LogP contribution in [0.3, 0.4) is 0 Å². The molecule has 0 saturated carbocycles. The average Bonchev–Trinajstić information content (AvgIpc) is 2.80. The molecule has 0 amide bonds. The first-order valence-corrected chi connectivity index (χ1v) is 7.48. The number of hydrogen-bond donors (Lipinski definition) is 1. The molecule has 0 bridgehead atoms. The van der Waals surface area contributed by atoms with Gasteiger partial charge in [-0.3, -0.25) is 4.79 Å². The van der Waals surface area contributed by atoms with Crippen LogP contribution < -0.4 is 0 Å². The van der Waals surface area contributed by atoms with E-state index in [1.807, 2.05) is 41.5 Å². The number of carbonyl (C=O) groups is 1. The van der Waals surface area contributed by atoms with E-state index in [-0.39, 0.29) is 29.1 Å². The van der Waals surface area contributed by atoms with Gasteiger partial charge in [0.2, 0.25) is 0 Å². The minimum Gasteiger partial charge on any atom is -0.375 e. The van der Waals surface area contributed by atoms with Crippen LogP contribution >= 0.6 is 0 Å². The van der Waals surface area contributed by atoms with Crippen LogP contribution in [-0.2, 0) is 14.3 Å². The van der Waals surface area contributed by atoms with E-state index in [9.17, 15) is 9.90 Å². The summed E-state index contributed by atoms with van der Waals surface area (Å²) in [6.45, 7) is 12.7. The Labute approximate surface area is 121 Å². The van der Waals surface area contributed by atoms with E-state index in [4.69, 9.17) is 9.47 Å². The fourth-order valence-electron chi connectivity index (χ4n) is 3.23. The number of carbonyl (C=O) groups excluding carboxylic acids is 1. The topological polar surface area (TPSA) is 55.8 Å². The van der Waals surface area contributed by atoms with Gasteiger partial charge in [0.05, 0.1) is 19.3 Å². The molecular formula is C16H28O4. The molecule has 1 N–H and O–H groups in total. The van der Waals surface area contributed by atoms with E-state index in [0.717, 1.165) is 0 Å². The van der Waals surface area contributed by atoms with E-state index >= 15 is 0 Å². The summed E-state index contributed by atoms with van der Waals surface area (Å²) in [5.41, 5.74) is -0.749. The van der Waals surface area contributed by atoms with Crippen LogP contribution in [0.2, 0.25) is 0 Å². The molecule has 4 nitrogen and oxygen atoms in total. The number of fused-ring (bicyclic) bond motifs is 1. The molecule has 2 aliphatic rings. The molecule has 0 aromatic carbocycles. The van der Waals surface area contributed by atoms with Crippen LogP contribution in [0.1, 0.15) is 48.0 Å². The highest BCUT2D eigenvalue weighted by atomic mass is 16.7. The van der Waals surface area contributed by atoms with Crippen LogP contribution in [-0.4, -0.2) is 36.0 Å². The van der Waals surface area contributed by atoms with Crippen LogP contribution in [0, 0.1) is 22.7 Å². The van der Waals surface area contributed by atoms with Crippen LogP contribution in [0.4, 0.5) is 0 Å². The number of ether oxygens (including phenoxy) is 2. The van der Waals surface area contributed by atoms with Crippen LogP contribution in [0.5, 0.6) is 0 Å². The molecule has 2 aliphatic heterocycles. The monoisotopic (exact) mass is 284 g/mol. The number of Topliss-reactive ketones (excluding diaryl/α,β-unsaturated/α-hetero) is 1. The summed E-state index contributed by atoms with van der Waals surface area (Å²) in [5, 5.41) is 11.0. The lowest BCUT2D eigenvalue weighted by atomic mass is 9.70. The van der Waals surface area contributed by atoms with Gasteiger partial charge in [-0.1, -0.05) is 41.5 Å². The molecule has 0 unspecified atom stereocenters. The molecule has 20 heavy (non-hydrogen) atoms. The molecule has 0 radical (unpaired) electrons. The van der Waals surface area contributed by atoms with Gasteiger partial charge in [0.25, 0.3) is 0 Å². The first-order valence-electron chi connectivity index (χ1n) is 7.48. The largest absolute Gasteiger partial charge is 0.375 e. The molecule has 2 saturated heterocycles. The van der Waals surface area contributed by atoms with Gasteiger partial charge in [-0.2, -0.15) is 0 Å². The Morgan fingerprint density at radius 2 is 1.80 bits per heavy atom. The lowest BCUT2D eigenvalue weighted by Crippen LogP contribution is -2.51. The molecule has 0 aliphatic carbocycles. The number of hydrogen-bond acceptors (Lipinski definition) is 4. The number of ketones is 1. The first-order chi connectivity index (χ1) is 8.97. The summed E-state index contributed by atoms with van der Waals surface area (Å²) >= 11 is 0. The molecule has 116 valence electrons. The van der Waals surface area contributed by atoms with Gasteiger partial charge >= 0.3 is 0 Å². The summed E-state index contributed by atoms with van der Waals surface area (Å²) in [6, 6.07) is 0. The van der Waals surface area contributed by atoms with E-state index in [1.165, 1.54) is 0 Å². The van der Waals surface area contributed by atoms with Gasteiger partial charge < -0.3 is 14.6 Å². The number of aliphatic hydroxyl groups is 1. The van der Waals surface area contributed by atoms with Crippen molar-refractivity contribution in [1.82, 2.24) is 0 Å². The van der Waals surface area contributed by atoms with Crippen molar-refractivity contribution in [2.75, 3.05) is 13.2 Å². The van der Waals surface area contributed by atoms with Crippen LogP contribution in [0.15, 0.2) is 0 Å². The summed E-state index contributed by atoms with van der Waals surface area (Å²) in [6.07, 6.45) is 0.365. The molecule has 4 atom stereocenters. The predicted octanol–water partition coefficient (Wildman–Crippen LogP) is 2.39. The SMILES string of the molecule is CC(C)(C)C(=O)C[C@@H]1CO[C@H]2CO[C@](O)(C(C)(C)C)[C@@H]12. The van der Waals surface area contributed by atoms with Crippen molar-refractivity contribution in [2.24, 2.45) is 22.7 Å². The van der Waals surface area contributed by atoms with E-state index in [1.54, 1.807) is 0 Å². The maximum absolute atomic E-state index is 12.3. The third-order valence-corrected chi connectivity index (χ3v) is 4.71. The highest BCUT2D eigenvalue weighted by Crippen LogP contribution is 2.51. The van der Waals surface area contributed by atoms with Gasteiger partial charge in [0.15, 0.2) is 5.79 Å². The van der Waals surface area contributed by atoms with Crippen molar-refractivity contribution in [1.29, 1.82) is 0 Å². The average molecular weight is 284 g/mol. The molecule has 0 aromatic heterocycles. The second-order valence-electron chi connectivity index (χ2n) is 8.29. The molecular weight excluding hydrogens is 256 g/mol. The van der Waals surface area contributed by atoms with Gasteiger partial charge in [-0.25, -0.2) is 0 Å². The summed E-state index contributed by atoms with van der Waals surface area (Å²) in [5.74, 6) is -1.07. The second kappa shape index (κ2) is 4.79. The maximum Gasteiger partial charge on any atom is 0.176 e. The Kier molecular flexibility index (Phi) is 3.81. The fraction of sp³-hybridized carbons (Fsp3) is 0.938. The lowest BCUT2D eigenvalue weighted by molar-refractivity contribution is -0.261. The highest BCUT2D eigenvalue weighted by Gasteiger charge is 2.61. The Bertz CT molecular complexity index is 390. The standard InChI is InChI=1S/C16H28O4/c1-14(2,3)12(17)7-10-8-19-11-9-20-16(18,13(10)11)15(4,5)6/h10-11,13,18H,7-9H2,1-6H3/t10-,11+,13+,16+/m1/s1. The van der Waals surface area contributed by atoms with Crippen molar-refractivity contribution in [2.45, 2.75) is 59.9 Å². The van der Waals surface area contributed by atoms with E-state index in [0.29, 0.717) is 19.6 Å². The van der Waals surface area contributed by atoms with Crippen molar-refractivity contribution in [3.8, 4) is 0 Å². The van der Waals surface area contributed by atoms with Crippen molar-refractivity contribution >= 4 is 5.78 Å². The van der Waals surface area contributed by atoms with Crippen molar-refractivity contribution < 1.29 is 19.4 Å². The summed E-state index contributed by atoms with van der Waals surface area (Å²) in [7, 11) is 0. The summed E-state index contributed by atoms with van der Waals surface area (Å²) in [4.78, 5) is 12.3. The molecule has 0 spiro atoms. The maximum atomic E-state index is 12.3. The lowest BCUT2D eigenvalue weighted by Gasteiger charge is -2.41.